The second kappa shape index (κ2) is 5.72. The SMILES string of the molecule is CNc1cc(NC)cc(S(=O)(=O)O)c1.[H-].[Na+]. The van der Waals surface area contributed by atoms with Crippen LogP contribution in [-0.2, 0) is 10.1 Å². The van der Waals surface area contributed by atoms with Crippen molar-refractivity contribution >= 4 is 21.5 Å². The van der Waals surface area contributed by atoms with E-state index in [0.29, 0.717) is 11.4 Å². The summed E-state index contributed by atoms with van der Waals surface area (Å²) in [6.45, 7) is 0. The number of nitrogens with one attached hydrogen (secondary N) is 2. The summed E-state index contributed by atoms with van der Waals surface area (Å²) in [5.74, 6) is 0. The fraction of sp³-hybridized carbons (Fsp3) is 0.250. The molecule has 0 fully saturated rings. The fourth-order valence-corrected chi connectivity index (χ4v) is 1.59. The number of rotatable bonds is 3. The summed E-state index contributed by atoms with van der Waals surface area (Å²) in [5.41, 5.74) is 1.23. The molecule has 0 aliphatic carbocycles. The molecular formula is C8H13N2NaO3S. The van der Waals surface area contributed by atoms with E-state index < -0.39 is 10.1 Å². The molecule has 0 heterocycles. The maximum atomic E-state index is 10.9. The van der Waals surface area contributed by atoms with Gasteiger partial charge >= 0.3 is 29.6 Å². The fourth-order valence-electron chi connectivity index (χ4n) is 1.04. The Labute approximate surface area is 113 Å². The molecule has 0 aliphatic heterocycles. The van der Waals surface area contributed by atoms with Crippen LogP contribution >= 0.6 is 0 Å². The van der Waals surface area contributed by atoms with Gasteiger partial charge in [0, 0.05) is 25.5 Å². The van der Waals surface area contributed by atoms with Crippen LogP contribution in [0.15, 0.2) is 23.1 Å². The van der Waals surface area contributed by atoms with Gasteiger partial charge in [-0.15, -0.1) is 0 Å². The summed E-state index contributed by atoms with van der Waals surface area (Å²) >= 11 is 0. The van der Waals surface area contributed by atoms with Gasteiger partial charge in [0.05, 0.1) is 4.90 Å². The Bertz CT molecular complexity index is 417. The molecular weight excluding hydrogens is 227 g/mol. The van der Waals surface area contributed by atoms with E-state index in [2.05, 4.69) is 10.6 Å². The summed E-state index contributed by atoms with van der Waals surface area (Å²) < 4.78 is 30.6. The molecule has 0 unspecified atom stereocenters. The molecule has 0 spiro atoms. The van der Waals surface area contributed by atoms with Crippen molar-refractivity contribution in [1.82, 2.24) is 0 Å². The quantitative estimate of drug-likeness (QED) is 0.426. The van der Waals surface area contributed by atoms with Crippen LogP contribution in [-0.4, -0.2) is 27.1 Å². The predicted molar refractivity (Wildman–Crippen MR) is 56.5 cm³/mol. The van der Waals surface area contributed by atoms with E-state index in [4.69, 9.17) is 4.55 Å². The maximum Gasteiger partial charge on any atom is 1.00 e. The summed E-state index contributed by atoms with van der Waals surface area (Å²) in [6.07, 6.45) is 0. The molecule has 5 nitrogen and oxygen atoms in total. The first kappa shape index (κ1) is 14.7. The zero-order chi connectivity index (χ0) is 10.8. The van der Waals surface area contributed by atoms with E-state index in [-0.39, 0.29) is 35.9 Å². The van der Waals surface area contributed by atoms with Crippen molar-refractivity contribution in [2.24, 2.45) is 0 Å². The second-order valence-corrected chi connectivity index (χ2v) is 4.14. The first-order chi connectivity index (χ1) is 6.47. The third-order valence-corrected chi connectivity index (χ3v) is 2.61. The number of benzene rings is 1. The molecule has 0 saturated carbocycles. The molecule has 0 atom stereocenters. The van der Waals surface area contributed by atoms with Crippen molar-refractivity contribution in [3.8, 4) is 0 Å². The van der Waals surface area contributed by atoms with Gasteiger partial charge in [-0.1, -0.05) is 0 Å². The van der Waals surface area contributed by atoms with Crippen LogP contribution in [0.1, 0.15) is 1.43 Å². The minimum Gasteiger partial charge on any atom is -1.00 e. The van der Waals surface area contributed by atoms with Crippen LogP contribution in [0.2, 0.25) is 0 Å². The van der Waals surface area contributed by atoms with Gasteiger partial charge in [-0.25, -0.2) is 0 Å². The minimum atomic E-state index is -4.15. The Balaban J connectivity index is 0. The van der Waals surface area contributed by atoms with Gasteiger partial charge in [0.15, 0.2) is 0 Å². The standard InChI is InChI=1S/C8H12N2O3S.Na.H/c1-9-6-3-7(10-2)5-8(4-6)14(11,12)13;;/h3-5,9-10H,1-2H3,(H,11,12,13);;/q;+1;-1. The van der Waals surface area contributed by atoms with Gasteiger partial charge in [0.2, 0.25) is 0 Å². The third-order valence-electron chi connectivity index (χ3n) is 1.78. The van der Waals surface area contributed by atoms with E-state index in [1.165, 1.54) is 12.1 Å². The summed E-state index contributed by atoms with van der Waals surface area (Å²) in [5, 5.41) is 5.60. The van der Waals surface area contributed by atoms with Gasteiger partial charge in [-0.3, -0.25) is 4.55 Å². The van der Waals surface area contributed by atoms with E-state index >= 15 is 0 Å². The van der Waals surface area contributed by atoms with Crippen LogP contribution in [0.25, 0.3) is 0 Å². The molecule has 0 saturated heterocycles. The molecule has 1 aromatic carbocycles. The summed E-state index contributed by atoms with van der Waals surface area (Å²) in [4.78, 5) is -0.131. The van der Waals surface area contributed by atoms with Crippen LogP contribution in [0.3, 0.4) is 0 Å². The molecule has 1 aromatic rings. The van der Waals surface area contributed by atoms with Crippen LogP contribution < -0.4 is 40.2 Å². The third kappa shape index (κ3) is 4.00. The van der Waals surface area contributed by atoms with Crippen LogP contribution in [0.4, 0.5) is 11.4 Å². The molecule has 0 radical (unpaired) electrons. The molecule has 0 aromatic heterocycles. The van der Waals surface area contributed by atoms with E-state index in [0.717, 1.165) is 0 Å². The molecule has 0 bridgehead atoms. The Morgan fingerprint density at radius 1 is 1.13 bits per heavy atom. The number of hydrogen-bond acceptors (Lipinski definition) is 4. The van der Waals surface area contributed by atoms with E-state index in [1.807, 2.05) is 0 Å². The van der Waals surface area contributed by atoms with Gasteiger partial charge in [0.1, 0.15) is 0 Å². The van der Waals surface area contributed by atoms with Gasteiger partial charge < -0.3 is 12.1 Å². The predicted octanol–water partition coefficient (Wildman–Crippen LogP) is -1.87. The van der Waals surface area contributed by atoms with Gasteiger partial charge in [-0.2, -0.15) is 8.42 Å². The molecule has 0 aliphatic rings. The van der Waals surface area contributed by atoms with Crippen molar-refractivity contribution in [3.05, 3.63) is 18.2 Å². The smallest absolute Gasteiger partial charge is 1.00 e. The molecule has 80 valence electrons. The monoisotopic (exact) mass is 240 g/mol. The van der Waals surface area contributed by atoms with Gasteiger partial charge in [-0.05, 0) is 18.2 Å². The Hall–Kier alpha value is -0.270. The number of anilines is 2. The van der Waals surface area contributed by atoms with Crippen molar-refractivity contribution in [2.45, 2.75) is 4.90 Å². The Kier molecular flexibility index (Phi) is 5.61. The molecule has 15 heavy (non-hydrogen) atoms. The average molecular weight is 240 g/mol. The van der Waals surface area contributed by atoms with Crippen LogP contribution in [0.5, 0.6) is 0 Å². The minimum absolute atomic E-state index is 0. The Morgan fingerprint density at radius 2 is 1.53 bits per heavy atom. The van der Waals surface area contributed by atoms with E-state index in [9.17, 15) is 8.42 Å². The zero-order valence-corrected chi connectivity index (χ0v) is 11.7. The van der Waals surface area contributed by atoms with E-state index in [1.54, 1.807) is 20.2 Å². The summed E-state index contributed by atoms with van der Waals surface area (Å²) in [7, 11) is -0.810. The average Bonchev–Trinajstić information content (AvgIpc) is 2.15. The normalized spacial score (nSPS) is 10.3. The first-order valence-corrected chi connectivity index (χ1v) is 5.39. The first-order valence-electron chi connectivity index (χ1n) is 3.95. The zero-order valence-electron chi connectivity index (χ0n) is 9.90. The maximum absolute atomic E-state index is 10.9. The molecule has 0 amide bonds. The van der Waals surface area contributed by atoms with Gasteiger partial charge in [0.25, 0.3) is 10.1 Å². The van der Waals surface area contributed by atoms with Crippen LogP contribution in [0, 0.1) is 0 Å². The molecule has 3 N–H and O–H groups in total. The summed E-state index contributed by atoms with van der Waals surface area (Å²) in [6, 6.07) is 4.45. The topological polar surface area (TPSA) is 78.4 Å². The van der Waals surface area contributed by atoms with Crippen molar-refractivity contribution in [2.75, 3.05) is 24.7 Å². The van der Waals surface area contributed by atoms with Crippen molar-refractivity contribution in [3.63, 3.8) is 0 Å². The molecule has 1 rings (SSSR count). The second-order valence-electron chi connectivity index (χ2n) is 2.72. The Morgan fingerprint density at radius 3 is 1.80 bits per heavy atom. The number of hydrogen-bond donors (Lipinski definition) is 3. The van der Waals surface area contributed by atoms with Crippen molar-refractivity contribution in [1.29, 1.82) is 0 Å². The largest absolute Gasteiger partial charge is 1.00 e. The van der Waals surface area contributed by atoms with Crippen molar-refractivity contribution < 1.29 is 44.0 Å². The molecule has 7 heteroatoms.